The fraction of sp³-hybridized carbons (Fsp3) is 0.462. The first kappa shape index (κ1) is 11.5. The van der Waals surface area contributed by atoms with E-state index in [1.54, 1.807) is 23.3 Å². The Morgan fingerprint density at radius 3 is 2.94 bits per heavy atom. The van der Waals surface area contributed by atoms with Crippen molar-refractivity contribution in [1.29, 1.82) is 0 Å². The van der Waals surface area contributed by atoms with E-state index in [1.807, 2.05) is 0 Å². The fourth-order valence-electron chi connectivity index (χ4n) is 2.25. The first-order valence-electron chi connectivity index (χ1n) is 6.17. The zero-order valence-corrected chi connectivity index (χ0v) is 11.3. The molecule has 1 N–H and O–H groups in total. The molecular weight excluding hydrogens is 248 g/mol. The molecule has 0 spiro atoms. The molecular formula is C13H16N2S2. The van der Waals surface area contributed by atoms with Crippen molar-refractivity contribution in [3.05, 3.63) is 22.9 Å². The molecule has 0 bridgehead atoms. The van der Waals surface area contributed by atoms with E-state index in [1.165, 1.54) is 37.5 Å². The van der Waals surface area contributed by atoms with Gasteiger partial charge in [0.15, 0.2) is 0 Å². The van der Waals surface area contributed by atoms with Crippen LogP contribution in [0.5, 0.6) is 0 Å². The van der Waals surface area contributed by atoms with E-state index in [0.29, 0.717) is 6.04 Å². The minimum absolute atomic E-state index is 0.675. The zero-order valence-electron chi connectivity index (χ0n) is 9.69. The Labute approximate surface area is 110 Å². The third-order valence-corrected chi connectivity index (χ3v) is 4.88. The van der Waals surface area contributed by atoms with Crippen LogP contribution in [0.3, 0.4) is 0 Å². The summed E-state index contributed by atoms with van der Waals surface area (Å²) in [5.74, 6) is 0. The Balaban J connectivity index is 1.63. The number of nitrogens with zero attached hydrogens (tertiary/aromatic N) is 1. The highest BCUT2D eigenvalue weighted by Gasteiger charge is 2.13. The van der Waals surface area contributed by atoms with Gasteiger partial charge < -0.3 is 0 Å². The van der Waals surface area contributed by atoms with Gasteiger partial charge in [-0.3, -0.25) is 4.72 Å². The van der Waals surface area contributed by atoms with Crippen molar-refractivity contribution in [2.45, 2.75) is 43.2 Å². The van der Waals surface area contributed by atoms with Gasteiger partial charge in [0.25, 0.3) is 0 Å². The summed E-state index contributed by atoms with van der Waals surface area (Å²) in [5.41, 5.74) is 1.12. The average Bonchev–Trinajstić information content (AvgIpc) is 2.85. The zero-order chi connectivity index (χ0) is 11.5. The number of aromatic nitrogens is 1. The van der Waals surface area contributed by atoms with Crippen LogP contribution in [0, 0.1) is 0 Å². The summed E-state index contributed by atoms with van der Waals surface area (Å²) >= 11 is 3.40. The second kappa shape index (κ2) is 5.38. The van der Waals surface area contributed by atoms with Crippen molar-refractivity contribution in [2.75, 3.05) is 0 Å². The van der Waals surface area contributed by atoms with E-state index in [9.17, 15) is 0 Å². The van der Waals surface area contributed by atoms with Gasteiger partial charge in [0.05, 0.1) is 5.52 Å². The molecule has 1 saturated carbocycles. The van der Waals surface area contributed by atoms with Crippen LogP contribution >= 0.6 is 23.3 Å². The molecule has 0 aliphatic heterocycles. The third kappa shape index (κ3) is 2.81. The van der Waals surface area contributed by atoms with Crippen molar-refractivity contribution in [1.82, 2.24) is 9.71 Å². The second-order valence-electron chi connectivity index (χ2n) is 4.55. The van der Waals surface area contributed by atoms with Gasteiger partial charge in [0, 0.05) is 22.2 Å². The predicted octanol–water partition coefficient (Wildman–Crippen LogP) is 4.23. The summed E-state index contributed by atoms with van der Waals surface area (Å²) in [6.07, 6.45) is 6.77. The molecule has 2 aromatic rings. The van der Waals surface area contributed by atoms with Crippen LogP contribution in [0.15, 0.2) is 27.9 Å². The number of nitrogens with one attached hydrogen (secondary N) is 1. The molecule has 0 atom stereocenters. The Hall–Kier alpha value is -0.580. The standard InChI is InChI=1S/C13H16N2S2/c1-2-4-11(5-3-1)15-17-13-7-6-10-8-16-9-12(10)14-13/h6-9,11,15H,1-5H2. The summed E-state index contributed by atoms with van der Waals surface area (Å²) in [6.45, 7) is 0. The van der Waals surface area contributed by atoms with Crippen LogP contribution in [0.25, 0.3) is 10.9 Å². The van der Waals surface area contributed by atoms with Crippen LogP contribution in [-0.4, -0.2) is 11.0 Å². The minimum Gasteiger partial charge on any atom is -0.255 e. The van der Waals surface area contributed by atoms with E-state index in [-0.39, 0.29) is 0 Å². The first-order chi connectivity index (χ1) is 8.42. The lowest BCUT2D eigenvalue weighted by Gasteiger charge is -2.21. The number of hydrogen-bond donors (Lipinski definition) is 1. The summed E-state index contributed by atoms with van der Waals surface area (Å²) in [6, 6.07) is 4.94. The van der Waals surface area contributed by atoms with E-state index < -0.39 is 0 Å². The average molecular weight is 264 g/mol. The number of rotatable bonds is 3. The van der Waals surface area contributed by atoms with Crippen LogP contribution in [0.4, 0.5) is 0 Å². The van der Waals surface area contributed by atoms with Crippen molar-refractivity contribution in [2.24, 2.45) is 0 Å². The predicted molar refractivity (Wildman–Crippen MR) is 75.5 cm³/mol. The molecule has 1 fully saturated rings. The van der Waals surface area contributed by atoms with Gasteiger partial charge >= 0.3 is 0 Å². The molecule has 2 aromatic heterocycles. The molecule has 2 heterocycles. The molecule has 0 unspecified atom stereocenters. The van der Waals surface area contributed by atoms with E-state index in [4.69, 9.17) is 0 Å². The topological polar surface area (TPSA) is 24.9 Å². The van der Waals surface area contributed by atoms with Crippen LogP contribution in [-0.2, 0) is 0 Å². The number of hydrogen-bond acceptors (Lipinski definition) is 4. The van der Waals surface area contributed by atoms with Crippen molar-refractivity contribution in [3.8, 4) is 0 Å². The van der Waals surface area contributed by atoms with Crippen LogP contribution < -0.4 is 4.72 Å². The summed E-state index contributed by atoms with van der Waals surface area (Å²) in [4.78, 5) is 4.63. The Kier molecular flexibility index (Phi) is 3.64. The number of fused-ring (bicyclic) bond motifs is 1. The van der Waals surface area contributed by atoms with Gasteiger partial charge in [-0.1, -0.05) is 19.3 Å². The highest BCUT2D eigenvalue weighted by atomic mass is 32.2. The van der Waals surface area contributed by atoms with Crippen molar-refractivity contribution < 1.29 is 0 Å². The van der Waals surface area contributed by atoms with Gasteiger partial charge in [-0.05, 0) is 36.9 Å². The molecule has 90 valence electrons. The maximum Gasteiger partial charge on any atom is 0.112 e. The monoisotopic (exact) mass is 264 g/mol. The van der Waals surface area contributed by atoms with Gasteiger partial charge in [-0.15, -0.1) is 11.3 Å². The maximum atomic E-state index is 4.63. The largest absolute Gasteiger partial charge is 0.255 e. The molecule has 3 rings (SSSR count). The van der Waals surface area contributed by atoms with Gasteiger partial charge in [-0.2, -0.15) is 0 Å². The van der Waals surface area contributed by atoms with Gasteiger partial charge in [0.2, 0.25) is 0 Å². The normalized spacial score (nSPS) is 17.6. The fourth-order valence-corrected chi connectivity index (χ4v) is 3.79. The summed E-state index contributed by atoms with van der Waals surface area (Å²) in [5, 5.41) is 6.59. The summed E-state index contributed by atoms with van der Waals surface area (Å²) < 4.78 is 3.55. The van der Waals surface area contributed by atoms with Crippen molar-refractivity contribution >= 4 is 34.2 Å². The quantitative estimate of drug-likeness (QED) is 0.840. The summed E-state index contributed by atoms with van der Waals surface area (Å²) in [7, 11) is 0. The maximum absolute atomic E-state index is 4.63. The molecule has 0 radical (unpaired) electrons. The second-order valence-corrected chi connectivity index (χ2v) is 6.15. The smallest absolute Gasteiger partial charge is 0.112 e. The molecule has 4 heteroatoms. The number of pyridine rings is 1. The number of thiophene rings is 1. The molecule has 0 amide bonds. The molecule has 0 aromatic carbocycles. The highest BCUT2D eigenvalue weighted by Crippen LogP contribution is 2.24. The van der Waals surface area contributed by atoms with Crippen molar-refractivity contribution in [3.63, 3.8) is 0 Å². The first-order valence-corrected chi connectivity index (χ1v) is 7.93. The van der Waals surface area contributed by atoms with Crippen LogP contribution in [0.2, 0.25) is 0 Å². The lowest BCUT2D eigenvalue weighted by atomic mass is 9.96. The Bertz CT molecular complexity index is 489. The minimum atomic E-state index is 0.675. The van der Waals surface area contributed by atoms with E-state index in [0.717, 1.165) is 10.5 Å². The molecule has 1 aliphatic carbocycles. The highest BCUT2D eigenvalue weighted by molar-refractivity contribution is 7.97. The SMILES string of the molecule is c1cc2cscc2nc1SNC1CCCCC1. The van der Waals surface area contributed by atoms with Crippen LogP contribution in [0.1, 0.15) is 32.1 Å². The molecule has 2 nitrogen and oxygen atoms in total. The van der Waals surface area contributed by atoms with E-state index in [2.05, 4.69) is 32.6 Å². The van der Waals surface area contributed by atoms with Gasteiger partial charge in [-0.25, -0.2) is 4.98 Å². The lowest BCUT2D eigenvalue weighted by molar-refractivity contribution is 0.423. The molecule has 1 aliphatic rings. The van der Waals surface area contributed by atoms with Gasteiger partial charge in [0.1, 0.15) is 5.03 Å². The van der Waals surface area contributed by atoms with E-state index >= 15 is 0 Å². The Morgan fingerprint density at radius 2 is 2.06 bits per heavy atom. The Morgan fingerprint density at radius 1 is 1.18 bits per heavy atom. The molecule has 17 heavy (non-hydrogen) atoms. The molecule has 0 saturated heterocycles. The lowest BCUT2D eigenvalue weighted by Crippen LogP contribution is -2.25. The third-order valence-electron chi connectivity index (χ3n) is 3.24.